The molecule has 3 heteroatoms. The van der Waals surface area contributed by atoms with E-state index >= 15 is 0 Å². The highest BCUT2D eigenvalue weighted by Gasteiger charge is 2.09. The maximum atomic E-state index is 4.35. The molecule has 1 heterocycles. The molecule has 0 saturated heterocycles. The number of nitrogens with zero attached hydrogens (tertiary/aromatic N) is 2. The summed E-state index contributed by atoms with van der Waals surface area (Å²) >= 11 is 0. The Morgan fingerprint density at radius 1 is 1.31 bits per heavy atom. The number of aromatic nitrogens is 1. The fourth-order valence-electron chi connectivity index (χ4n) is 1.68. The molecule has 90 valence electrons. The molecule has 16 heavy (non-hydrogen) atoms. The molecule has 1 aromatic rings. The molecule has 0 bridgehead atoms. The summed E-state index contributed by atoms with van der Waals surface area (Å²) in [6.07, 6.45) is 3.00. The van der Waals surface area contributed by atoms with Crippen LogP contribution in [0.15, 0.2) is 24.4 Å². The molecule has 2 atom stereocenters. The van der Waals surface area contributed by atoms with E-state index in [0.717, 1.165) is 18.7 Å². The largest absolute Gasteiger partial charge is 0.309 e. The molecule has 0 aliphatic carbocycles. The maximum absolute atomic E-state index is 4.35. The van der Waals surface area contributed by atoms with E-state index in [-0.39, 0.29) is 0 Å². The minimum Gasteiger partial charge on any atom is -0.309 e. The molecule has 0 aliphatic rings. The van der Waals surface area contributed by atoms with Crippen molar-refractivity contribution in [3.05, 3.63) is 30.1 Å². The van der Waals surface area contributed by atoms with E-state index in [9.17, 15) is 0 Å². The van der Waals surface area contributed by atoms with Crippen molar-refractivity contribution < 1.29 is 0 Å². The molecule has 2 unspecified atom stereocenters. The summed E-state index contributed by atoms with van der Waals surface area (Å²) in [5.41, 5.74) is 1.11. The van der Waals surface area contributed by atoms with Crippen LogP contribution in [-0.4, -0.2) is 36.6 Å². The zero-order chi connectivity index (χ0) is 12.0. The topological polar surface area (TPSA) is 28.2 Å². The van der Waals surface area contributed by atoms with Gasteiger partial charge in [-0.05, 0) is 53.0 Å². The van der Waals surface area contributed by atoms with Gasteiger partial charge in [-0.15, -0.1) is 0 Å². The lowest BCUT2D eigenvalue weighted by Gasteiger charge is -2.21. The SMILES string of the molecule is CC(CCN(C)C)NC(C)c1ccccn1. The van der Waals surface area contributed by atoms with Crippen LogP contribution in [0, 0.1) is 0 Å². The number of pyridine rings is 1. The predicted octanol–water partition coefficient (Wildman–Crippen LogP) is 2.07. The predicted molar refractivity (Wildman–Crippen MR) is 68.4 cm³/mol. The van der Waals surface area contributed by atoms with Gasteiger partial charge in [0.1, 0.15) is 0 Å². The lowest BCUT2D eigenvalue weighted by Crippen LogP contribution is -2.32. The third kappa shape index (κ3) is 4.73. The quantitative estimate of drug-likeness (QED) is 0.797. The van der Waals surface area contributed by atoms with E-state index in [1.807, 2.05) is 18.3 Å². The Balaban J connectivity index is 2.36. The van der Waals surface area contributed by atoms with Gasteiger partial charge in [-0.1, -0.05) is 6.07 Å². The molecule has 1 rings (SSSR count). The van der Waals surface area contributed by atoms with Crippen molar-refractivity contribution in [3.63, 3.8) is 0 Å². The van der Waals surface area contributed by atoms with Crippen LogP contribution in [0.25, 0.3) is 0 Å². The Hall–Kier alpha value is -0.930. The Bertz CT molecular complexity index is 284. The minimum atomic E-state index is 0.318. The summed E-state index contributed by atoms with van der Waals surface area (Å²) in [5, 5.41) is 3.56. The molecule has 3 nitrogen and oxygen atoms in total. The summed E-state index contributed by atoms with van der Waals surface area (Å²) in [5.74, 6) is 0. The number of nitrogens with one attached hydrogen (secondary N) is 1. The van der Waals surface area contributed by atoms with Gasteiger partial charge in [0.25, 0.3) is 0 Å². The molecule has 0 amide bonds. The molecule has 0 saturated carbocycles. The van der Waals surface area contributed by atoms with Crippen LogP contribution in [0.1, 0.15) is 32.0 Å². The fraction of sp³-hybridized carbons (Fsp3) is 0.615. The first-order chi connectivity index (χ1) is 7.59. The molecule has 0 aromatic carbocycles. The Labute approximate surface area is 98.9 Å². The fourth-order valence-corrected chi connectivity index (χ4v) is 1.68. The first-order valence-electron chi connectivity index (χ1n) is 5.91. The maximum Gasteiger partial charge on any atom is 0.0570 e. The highest BCUT2D eigenvalue weighted by Crippen LogP contribution is 2.09. The minimum absolute atomic E-state index is 0.318. The Kier molecular flexibility index (Phi) is 5.43. The summed E-state index contributed by atoms with van der Waals surface area (Å²) in [4.78, 5) is 6.57. The van der Waals surface area contributed by atoms with Crippen LogP contribution in [0.2, 0.25) is 0 Å². The standard InChI is InChI=1S/C13H23N3/c1-11(8-10-16(3)4)15-12(2)13-7-5-6-9-14-13/h5-7,9,11-12,15H,8,10H2,1-4H3. The Morgan fingerprint density at radius 3 is 2.62 bits per heavy atom. The van der Waals surface area contributed by atoms with E-state index in [2.05, 4.69) is 49.2 Å². The number of rotatable bonds is 6. The Morgan fingerprint density at radius 2 is 2.06 bits per heavy atom. The van der Waals surface area contributed by atoms with Crippen molar-refractivity contribution in [2.75, 3.05) is 20.6 Å². The van der Waals surface area contributed by atoms with Crippen LogP contribution in [0.3, 0.4) is 0 Å². The summed E-state index contributed by atoms with van der Waals surface area (Å²) in [7, 11) is 4.21. The van der Waals surface area contributed by atoms with Crippen molar-refractivity contribution in [2.45, 2.75) is 32.4 Å². The van der Waals surface area contributed by atoms with Gasteiger partial charge in [-0.2, -0.15) is 0 Å². The second kappa shape index (κ2) is 6.61. The van der Waals surface area contributed by atoms with Crippen molar-refractivity contribution in [2.24, 2.45) is 0 Å². The van der Waals surface area contributed by atoms with Crippen LogP contribution in [0.5, 0.6) is 0 Å². The molecule has 1 aromatic heterocycles. The van der Waals surface area contributed by atoms with Gasteiger partial charge in [0.2, 0.25) is 0 Å². The normalized spacial score (nSPS) is 15.1. The van der Waals surface area contributed by atoms with Gasteiger partial charge in [-0.3, -0.25) is 4.98 Å². The van der Waals surface area contributed by atoms with Crippen LogP contribution in [0.4, 0.5) is 0 Å². The van der Waals surface area contributed by atoms with Crippen LogP contribution >= 0.6 is 0 Å². The van der Waals surface area contributed by atoms with Gasteiger partial charge in [0.05, 0.1) is 5.69 Å². The molecule has 0 fully saturated rings. The van der Waals surface area contributed by atoms with E-state index in [0.29, 0.717) is 12.1 Å². The summed E-state index contributed by atoms with van der Waals surface area (Å²) < 4.78 is 0. The molecule has 1 N–H and O–H groups in total. The number of hydrogen-bond donors (Lipinski definition) is 1. The van der Waals surface area contributed by atoms with E-state index in [1.54, 1.807) is 0 Å². The van der Waals surface area contributed by atoms with E-state index in [1.165, 1.54) is 0 Å². The smallest absolute Gasteiger partial charge is 0.0570 e. The lowest BCUT2D eigenvalue weighted by molar-refractivity contribution is 0.353. The van der Waals surface area contributed by atoms with Crippen molar-refractivity contribution >= 4 is 0 Å². The van der Waals surface area contributed by atoms with Gasteiger partial charge in [0.15, 0.2) is 0 Å². The van der Waals surface area contributed by atoms with Crippen LogP contribution in [-0.2, 0) is 0 Å². The third-order valence-corrected chi connectivity index (χ3v) is 2.68. The zero-order valence-corrected chi connectivity index (χ0v) is 10.8. The first-order valence-corrected chi connectivity index (χ1v) is 5.91. The highest BCUT2D eigenvalue weighted by atomic mass is 15.1. The van der Waals surface area contributed by atoms with Crippen molar-refractivity contribution in [1.29, 1.82) is 0 Å². The first kappa shape index (κ1) is 13.1. The van der Waals surface area contributed by atoms with Gasteiger partial charge < -0.3 is 10.2 Å². The molecule has 0 spiro atoms. The number of hydrogen-bond acceptors (Lipinski definition) is 3. The molecule has 0 radical (unpaired) electrons. The molecular weight excluding hydrogens is 198 g/mol. The second-order valence-corrected chi connectivity index (χ2v) is 4.64. The zero-order valence-electron chi connectivity index (χ0n) is 10.8. The van der Waals surface area contributed by atoms with Crippen molar-refractivity contribution in [3.8, 4) is 0 Å². The van der Waals surface area contributed by atoms with E-state index < -0.39 is 0 Å². The second-order valence-electron chi connectivity index (χ2n) is 4.64. The molecular formula is C13H23N3. The van der Waals surface area contributed by atoms with Gasteiger partial charge in [-0.25, -0.2) is 0 Å². The highest BCUT2D eigenvalue weighted by molar-refractivity contribution is 5.07. The monoisotopic (exact) mass is 221 g/mol. The van der Waals surface area contributed by atoms with Crippen LogP contribution < -0.4 is 5.32 Å². The summed E-state index contributed by atoms with van der Waals surface area (Å²) in [6.45, 7) is 5.50. The van der Waals surface area contributed by atoms with Crippen molar-refractivity contribution in [1.82, 2.24) is 15.2 Å². The molecule has 0 aliphatic heterocycles. The lowest BCUT2D eigenvalue weighted by atomic mass is 10.1. The van der Waals surface area contributed by atoms with Gasteiger partial charge >= 0.3 is 0 Å². The average molecular weight is 221 g/mol. The third-order valence-electron chi connectivity index (χ3n) is 2.68. The van der Waals surface area contributed by atoms with Gasteiger partial charge in [0, 0.05) is 18.3 Å². The van der Waals surface area contributed by atoms with E-state index in [4.69, 9.17) is 0 Å². The average Bonchev–Trinajstić information content (AvgIpc) is 2.27. The summed E-state index contributed by atoms with van der Waals surface area (Å²) in [6, 6.07) is 6.88.